The third-order valence-electron chi connectivity index (χ3n) is 4.73. The highest BCUT2D eigenvalue weighted by molar-refractivity contribution is 5.76. The molecule has 2 rings (SSSR count). The summed E-state index contributed by atoms with van der Waals surface area (Å²) in [7, 11) is 1.47. The average molecular weight is 289 g/mol. The first kappa shape index (κ1) is 16.0. The third-order valence-corrected chi connectivity index (χ3v) is 4.73. The van der Waals surface area contributed by atoms with Crippen molar-refractivity contribution in [2.75, 3.05) is 7.11 Å². The van der Waals surface area contributed by atoms with Crippen LogP contribution in [-0.2, 0) is 9.53 Å². The topological polar surface area (TPSA) is 38.3 Å². The summed E-state index contributed by atoms with van der Waals surface area (Å²) in [5.74, 6) is 0.788. The van der Waals surface area contributed by atoms with Crippen molar-refractivity contribution < 1.29 is 9.53 Å². The Kier molecular flexibility index (Phi) is 5.40. The van der Waals surface area contributed by atoms with Gasteiger partial charge in [0.25, 0.3) is 0 Å². The van der Waals surface area contributed by atoms with Gasteiger partial charge in [0.2, 0.25) is 0 Å². The Labute approximate surface area is 128 Å². The monoisotopic (exact) mass is 289 g/mol. The number of esters is 1. The van der Waals surface area contributed by atoms with Gasteiger partial charge in [0, 0.05) is 6.04 Å². The van der Waals surface area contributed by atoms with Crippen LogP contribution >= 0.6 is 0 Å². The van der Waals surface area contributed by atoms with Crippen LogP contribution in [0.25, 0.3) is 0 Å². The first-order chi connectivity index (χ1) is 10.0. The summed E-state index contributed by atoms with van der Waals surface area (Å²) in [5.41, 5.74) is 2.74. The Bertz CT molecular complexity index is 480. The molecule has 0 aromatic heterocycles. The average Bonchev–Trinajstić information content (AvgIpc) is 2.44. The van der Waals surface area contributed by atoms with E-state index in [2.05, 4.69) is 50.4 Å². The second kappa shape index (κ2) is 7.08. The van der Waals surface area contributed by atoms with Crippen LogP contribution in [0.3, 0.4) is 0 Å². The molecule has 0 radical (unpaired) electrons. The second-order valence-corrected chi connectivity index (χ2v) is 6.33. The molecular formula is C18H27NO2. The Hall–Kier alpha value is -1.35. The highest BCUT2D eigenvalue weighted by Crippen LogP contribution is 2.37. The van der Waals surface area contributed by atoms with E-state index in [-0.39, 0.29) is 12.0 Å². The molecule has 1 aliphatic carbocycles. The SMILES string of the molecule is CCC(C)C(NC1CC(c2cccc(C)c2)C1)C(=O)OC. The maximum Gasteiger partial charge on any atom is 0.323 e. The molecule has 0 spiro atoms. The van der Waals surface area contributed by atoms with Crippen molar-refractivity contribution in [2.24, 2.45) is 5.92 Å². The Morgan fingerprint density at radius 3 is 2.71 bits per heavy atom. The van der Waals surface area contributed by atoms with E-state index in [1.54, 1.807) is 0 Å². The molecule has 0 amide bonds. The predicted molar refractivity (Wildman–Crippen MR) is 85.3 cm³/mol. The van der Waals surface area contributed by atoms with E-state index in [1.165, 1.54) is 18.2 Å². The summed E-state index contributed by atoms with van der Waals surface area (Å²) >= 11 is 0. The summed E-state index contributed by atoms with van der Waals surface area (Å²) in [6.07, 6.45) is 3.18. The normalized spacial score (nSPS) is 24.0. The van der Waals surface area contributed by atoms with E-state index in [9.17, 15) is 4.79 Å². The Morgan fingerprint density at radius 2 is 2.14 bits per heavy atom. The number of nitrogens with one attached hydrogen (secondary N) is 1. The first-order valence-corrected chi connectivity index (χ1v) is 7.95. The van der Waals surface area contributed by atoms with Gasteiger partial charge in [-0.05, 0) is 37.2 Å². The van der Waals surface area contributed by atoms with Crippen molar-refractivity contribution >= 4 is 5.97 Å². The maximum absolute atomic E-state index is 11.9. The summed E-state index contributed by atoms with van der Waals surface area (Å²) < 4.78 is 4.93. The van der Waals surface area contributed by atoms with Crippen LogP contribution in [0.15, 0.2) is 24.3 Å². The molecule has 116 valence electrons. The molecule has 0 bridgehead atoms. The highest BCUT2D eigenvalue weighted by Gasteiger charge is 2.35. The van der Waals surface area contributed by atoms with Gasteiger partial charge in [-0.1, -0.05) is 50.1 Å². The first-order valence-electron chi connectivity index (χ1n) is 7.95. The van der Waals surface area contributed by atoms with E-state index in [0.29, 0.717) is 17.9 Å². The molecule has 1 fully saturated rings. The van der Waals surface area contributed by atoms with Gasteiger partial charge < -0.3 is 10.1 Å². The fourth-order valence-corrected chi connectivity index (χ4v) is 3.03. The van der Waals surface area contributed by atoms with Crippen molar-refractivity contribution in [1.29, 1.82) is 0 Å². The maximum atomic E-state index is 11.9. The lowest BCUT2D eigenvalue weighted by atomic mass is 9.75. The molecule has 1 aliphatic rings. The van der Waals surface area contributed by atoms with Gasteiger partial charge >= 0.3 is 5.97 Å². The summed E-state index contributed by atoms with van der Waals surface area (Å²) in [5, 5.41) is 3.49. The lowest BCUT2D eigenvalue weighted by Gasteiger charge is -2.39. The van der Waals surface area contributed by atoms with Crippen LogP contribution in [0.5, 0.6) is 0 Å². The molecule has 0 saturated heterocycles. The van der Waals surface area contributed by atoms with E-state index < -0.39 is 0 Å². The Balaban J connectivity index is 1.90. The van der Waals surface area contributed by atoms with Gasteiger partial charge in [-0.2, -0.15) is 0 Å². The van der Waals surface area contributed by atoms with Crippen molar-refractivity contribution in [2.45, 2.75) is 58.0 Å². The zero-order valence-electron chi connectivity index (χ0n) is 13.6. The van der Waals surface area contributed by atoms with Crippen LogP contribution in [0, 0.1) is 12.8 Å². The van der Waals surface area contributed by atoms with Gasteiger partial charge in [0.15, 0.2) is 0 Å². The molecule has 2 unspecified atom stereocenters. The van der Waals surface area contributed by atoms with Gasteiger partial charge in [-0.15, -0.1) is 0 Å². The Morgan fingerprint density at radius 1 is 1.43 bits per heavy atom. The summed E-state index contributed by atoms with van der Waals surface area (Å²) in [6.45, 7) is 6.35. The number of ether oxygens (including phenoxy) is 1. The van der Waals surface area contributed by atoms with Crippen LogP contribution in [-0.4, -0.2) is 25.2 Å². The molecule has 0 aliphatic heterocycles. The van der Waals surface area contributed by atoms with Gasteiger partial charge in [-0.3, -0.25) is 4.79 Å². The minimum atomic E-state index is -0.177. The smallest absolute Gasteiger partial charge is 0.323 e. The van der Waals surface area contributed by atoms with Crippen LogP contribution < -0.4 is 5.32 Å². The largest absolute Gasteiger partial charge is 0.468 e. The number of hydrogen-bond donors (Lipinski definition) is 1. The van der Waals surface area contributed by atoms with E-state index in [4.69, 9.17) is 4.74 Å². The molecule has 2 atom stereocenters. The number of methoxy groups -OCH3 is 1. The highest BCUT2D eigenvalue weighted by atomic mass is 16.5. The molecule has 3 nitrogen and oxygen atoms in total. The number of carbonyl (C=O) groups is 1. The van der Waals surface area contributed by atoms with Gasteiger partial charge in [-0.25, -0.2) is 0 Å². The second-order valence-electron chi connectivity index (χ2n) is 6.33. The predicted octanol–water partition coefficient (Wildman–Crippen LogP) is 3.42. The van der Waals surface area contributed by atoms with Crippen molar-refractivity contribution in [3.8, 4) is 0 Å². The van der Waals surface area contributed by atoms with Crippen molar-refractivity contribution in [3.05, 3.63) is 35.4 Å². The molecule has 21 heavy (non-hydrogen) atoms. The third kappa shape index (κ3) is 3.85. The lowest BCUT2D eigenvalue weighted by Crippen LogP contribution is -2.51. The molecule has 1 N–H and O–H groups in total. The number of hydrogen-bond acceptors (Lipinski definition) is 3. The van der Waals surface area contributed by atoms with E-state index in [0.717, 1.165) is 19.3 Å². The molecule has 1 aromatic carbocycles. The molecule has 1 aromatic rings. The number of rotatable bonds is 6. The number of carbonyl (C=O) groups excluding carboxylic acids is 1. The minimum Gasteiger partial charge on any atom is -0.468 e. The van der Waals surface area contributed by atoms with Crippen molar-refractivity contribution in [3.63, 3.8) is 0 Å². The quantitative estimate of drug-likeness (QED) is 0.816. The van der Waals surface area contributed by atoms with Gasteiger partial charge in [0.05, 0.1) is 7.11 Å². The minimum absolute atomic E-state index is 0.136. The lowest BCUT2D eigenvalue weighted by molar-refractivity contribution is -0.145. The van der Waals surface area contributed by atoms with Crippen LogP contribution in [0.4, 0.5) is 0 Å². The molecule has 1 saturated carbocycles. The zero-order valence-corrected chi connectivity index (χ0v) is 13.6. The standard InChI is InChI=1S/C18H27NO2/c1-5-13(3)17(18(20)21-4)19-16-10-15(11-16)14-8-6-7-12(2)9-14/h6-9,13,15-17,19H,5,10-11H2,1-4H3. The summed E-state index contributed by atoms with van der Waals surface area (Å²) in [6, 6.07) is 8.99. The van der Waals surface area contributed by atoms with Crippen LogP contribution in [0.2, 0.25) is 0 Å². The van der Waals surface area contributed by atoms with Crippen LogP contribution in [0.1, 0.15) is 50.2 Å². The fraction of sp³-hybridized carbons (Fsp3) is 0.611. The van der Waals surface area contributed by atoms with E-state index >= 15 is 0 Å². The number of aryl methyl sites for hydroxylation is 1. The zero-order chi connectivity index (χ0) is 15.4. The molecule has 0 heterocycles. The molecule has 3 heteroatoms. The van der Waals surface area contributed by atoms with E-state index in [1.807, 2.05) is 0 Å². The van der Waals surface area contributed by atoms with Gasteiger partial charge in [0.1, 0.15) is 6.04 Å². The van der Waals surface area contributed by atoms with Crippen molar-refractivity contribution in [1.82, 2.24) is 5.32 Å². The summed E-state index contributed by atoms with van der Waals surface area (Å²) in [4.78, 5) is 11.9. The molecular weight excluding hydrogens is 262 g/mol. The fourth-order valence-electron chi connectivity index (χ4n) is 3.03. The number of benzene rings is 1.